The Morgan fingerprint density at radius 2 is 1.87 bits per heavy atom. The van der Waals surface area contributed by atoms with E-state index in [9.17, 15) is 9.18 Å². The van der Waals surface area contributed by atoms with Gasteiger partial charge in [-0.15, -0.1) is 0 Å². The first-order valence-electron chi connectivity index (χ1n) is 10.2. The van der Waals surface area contributed by atoms with Gasteiger partial charge in [-0.3, -0.25) is 9.69 Å². The lowest BCUT2D eigenvalue weighted by molar-refractivity contribution is 0.0934. The molecule has 1 atom stereocenters. The maximum atomic E-state index is 13.0. The van der Waals surface area contributed by atoms with Crippen LogP contribution in [0, 0.1) is 11.7 Å². The van der Waals surface area contributed by atoms with Crippen LogP contribution in [-0.4, -0.2) is 51.2 Å². The molecule has 160 valence electrons. The number of hydrogen-bond acceptors (Lipinski definition) is 4. The van der Waals surface area contributed by atoms with Crippen molar-refractivity contribution in [1.82, 2.24) is 10.2 Å². The van der Waals surface area contributed by atoms with E-state index in [2.05, 4.69) is 16.3 Å². The number of likely N-dealkylation sites (tertiary alicyclic amines) is 1. The zero-order valence-corrected chi connectivity index (χ0v) is 17.6. The third kappa shape index (κ3) is 6.32. The zero-order valence-electron chi connectivity index (χ0n) is 17.6. The summed E-state index contributed by atoms with van der Waals surface area (Å²) in [5, 5.41) is 3.05. The highest BCUT2D eigenvalue weighted by atomic mass is 19.1. The predicted molar refractivity (Wildman–Crippen MR) is 116 cm³/mol. The highest BCUT2D eigenvalue weighted by Gasteiger charge is 2.20. The molecule has 1 aliphatic heterocycles. The first kappa shape index (κ1) is 21.8. The maximum Gasteiger partial charge on any atom is 0.251 e. The molecule has 2 aromatic carbocycles. The van der Waals surface area contributed by atoms with Crippen LogP contribution in [0.15, 0.2) is 48.5 Å². The monoisotopic (exact) mass is 412 g/mol. The molecule has 0 spiro atoms. The van der Waals surface area contributed by atoms with Crippen molar-refractivity contribution in [2.45, 2.75) is 12.8 Å². The Bertz CT molecular complexity index is 845. The second-order valence-electron chi connectivity index (χ2n) is 7.53. The lowest BCUT2D eigenvalue weighted by Crippen LogP contribution is -2.40. The van der Waals surface area contributed by atoms with Gasteiger partial charge in [-0.25, -0.2) is 4.39 Å². The van der Waals surface area contributed by atoms with E-state index in [1.165, 1.54) is 12.1 Å². The van der Waals surface area contributed by atoms with E-state index in [0.29, 0.717) is 29.5 Å². The normalized spacial score (nSPS) is 17.1. The molecule has 0 radical (unpaired) electrons. The Balaban J connectivity index is 1.49. The van der Waals surface area contributed by atoms with E-state index >= 15 is 0 Å². The van der Waals surface area contributed by atoms with Crippen LogP contribution in [0.3, 0.4) is 0 Å². The molecular weight excluding hydrogens is 383 g/mol. The van der Waals surface area contributed by atoms with Gasteiger partial charge in [0.2, 0.25) is 0 Å². The summed E-state index contributed by atoms with van der Waals surface area (Å²) in [6.07, 6.45) is 6.33. The van der Waals surface area contributed by atoms with Crippen LogP contribution in [0.5, 0.6) is 11.5 Å². The lowest BCUT2D eigenvalue weighted by atomic mass is 9.98. The summed E-state index contributed by atoms with van der Waals surface area (Å²) in [5.74, 6) is 1.25. The molecule has 5 nitrogen and oxygen atoms in total. The molecule has 0 bridgehead atoms. The summed E-state index contributed by atoms with van der Waals surface area (Å²) in [6.45, 7) is 3.46. The second kappa shape index (κ2) is 10.8. The molecule has 0 aliphatic carbocycles. The third-order valence-corrected chi connectivity index (χ3v) is 5.31. The van der Waals surface area contributed by atoms with Crippen molar-refractivity contribution in [3.63, 3.8) is 0 Å². The number of halogens is 1. The SMILES string of the molecule is COc1cc(OC)cc(C(=O)NCC2CCCN(CC=Cc3ccc(F)cc3)C2)c1. The van der Waals surface area contributed by atoms with E-state index in [1.807, 2.05) is 6.08 Å². The lowest BCUT2D eigenvalue weighted by Gasteiger charge is -2.32. The number of carbonyl (C=O) groups is 1. The number of nitrogens with zero attached hydrogens (tertiary/aromatic N) is 1. The minimum absolute atomic E-state index is 0.125. The summed E-state index contributed by atoms with van der Waals surface area (Å²) in [7, 11) is 3.13. The highest BCUT2D eigenvalue weighted by molar-refractivity contribution is 5.95. The van der Waals surface area contributed by atoms with Crippen molar-refractivity contribution in [2.24, 2.45) is 5.92 Å². The van der Waals surface area contributed by atoms with E-state index in [1.54, 1.807) is 44.6 Å². The van der Waals surface area contributed by atoms with E-state index in [0.717, 1.165) is 38.0 Å². The van der Waals surface area contributed by atoms with Gasteiger partial charge in [-0.05, 0) is 55.1 Å². The van der Waals surface area contributed by atoms with Crippen molar-refractivity contribution in [1.29, 1.82) is 0 Å². The first-order chi connectivity index (χ1) is 14.6. The molecule has 1 saturated heterocycles. The summed E-state index contributed by atoms with van der Waals surface area (Å²) in [5.41, 5.74) is 1.52. The summed E-state index contributed by atoms with van der Waals surface area (Å²) in [4.78, 5) is 15.0. The molecular formula is C24H29FN2O3. The first-order valence-corrected chi connectivity index (χ1v) is 10.2. The minimum atomic E-state index is -0.222. The summed E-state index contributed by atoms with van der Waals surface area (Å²) < 4.78 is 23.5. The highest BCUT2D eigenvalue weighted by Crippen LogP contribution is 2.23. The molecule has 1 fully saturated rings. The number of rotatable bonds is 8. The zero-order chi connectivity index (χ0) is 21.3. The van der Waals surface area contributed by atoms with E-state index in [4.69, 9.17) is 9.47 Å². The van der Waals surface area contributed by atoms with Gasteiger partial charge >= 0.3 is 0 Å². The maximum absolute atomic E-state index is 13.0. The molecule has 1 aliphatic rings. The Morgan fingerprint density at radius 1 is 1.17 bits per heavy atom. The van der Waals surface area contributed by atoms with Gasteiger partial charge in [0, 0.05) is 31.3 Å². The number of amides is 1. The number of ether oxygens (including phenoxy) is 2. The van der Waals surface area contributed by atoms with E-state index < -0.39 is 0 Å². The molecule has 3 rings (SSSR count). The van der Waals surface area contributed by atoms with Crippen LogP contribution < -0.4 is 14.8 Å². The quantitative estimate of drug-likeness (QED) is 0.712. The van der Waals surface area contributed by atoms with Gasteiger partial charge in [0.15, 0.2) is 0 Å². The average molecular weight is 413 g/mol. The fourth-order valence-electron chi connectivity index (χ4n) is 3.67. The van der Waals surface area contributed by atoms with Crippen molar-refractivity contribution in [2.75, 3.05) is 40.4 Å². The van der Waals surface area contributed by atoms with Crippen molar-refractivity contribution in [3.8, 4) is 11.5 Å². The largest absolute Gasteiger partial charge is 0.497 e. The topological polar surface area (TPSA) is 50.8 Å². The number of methoxy groups -OCH3 is 2. The third-order valence-electron chi connectivity index (χ3n) is 5.31. The second-order valence-corrected chi connectivity index (χ2v) is 7.53. The van der Waals surface area contributed by atoms with Crippen LogP contribution >= 0.6 is 0 Å². The molecule has 0 saturated carbocycles. The van der Waals surface area contributed by atoms with Crippen molar-refractivity contribution < 1.29 is 18.7 Å². The van der Waals surface area contributed by atoms with Crippen LogP contribution in [0.1, 0.15) is 28.8 Å². The van der Waals surface area contributed by atoms with Crippen molar-refractivity contribution >= 4 is 12.0 Å². The van der Waals surface area contributed by atoms with Crippen LogP contribution in [-0.2, 0) is 0 Å². The Morgan fingerprint density at radius 3 is 2.53 bits per heavy atom. The number of hydrogen-bond donors (Lipinski definition) is 1. The number of benzene rings is 2. The Hall–Kier alpha value is -2.86. The Labute approximate surface area is 177 Å². The van der Waals surface area contributed by atoms with Crippen LogP contribution in [0.4, 0.5) is 4.39 Å². The smallest absolute Gasteiger partial charge is 0.251 e. The van der Waals surface area contributed by atoms with Gasteiger partial charge in [0.1, 0.15) is 17.3 Å². The summed E-state index contributed by atoms with van der Waals surface area (Å²) >= 11 is 0. The molecule has 2 aromatic rings. The van der Waals surface area contributed by atoms with Gasteiger partial charge < -0.3 is 14.8 Å². The molecule has 1 unspecified atom stereocenters. The fourth-order valence-corrected chi connectivity index (χ4v) is 3.67. The van der Waals surface area contributed by atoms with E-state index in [-0.39, 0.29) is 11.7 Å². The van der Waals surface area contributed by atoms with Gasteiger partial charge in [0.05, 0.1) is 14.2 Å². The molecule has 6 heteroatoms. The molecule has 1 N–H and O–H groups in total. The molecule has 1 heterocycles. The van der Waals surface area contributed by atoms with Gasteiger partial charge in [-0.2, -0.15) is 0 Å². The van der Waals surface area contributed by atoms with Crippen LogP contribution in [0.2, 0.25) is 0 Å². The number of nitrogens with one attached hydrogen (secondary N) is 1. The van der Waals surface area contributed by atoms with Gasteiger partial charge in [0.25, 0.3) is 5.91 Å². The average Bonchev–Trinajstić information content (AvgIpc) is 2.78. The van der Waals surface area contributed by atoms with Crippen molar-refractivity contribution in [3.05, 3.63) is 65.5 Å². The fraction of sp³-hybridized carbons (Fsp3) is 0.375. The number of piperidine rings is 1. The summed E-state index contributed by atoms with van der Waals surface area (Å²) in [6, 6.07) is 11.7. The molecule has 1 amide bonds. The molecule has 0 aromatic heterocycles. The Kier molecular flexibility index (Phi) is 7.85. The molecule has 30 heavy (non-hydrogen) atoms. The minimum Gasteiger partial charge on any atom is -0.497 e. The predicted octanol–water partition coefficient (Wildman–Crippen LogP) is 4.00. The number of carbonyl (C=O) groups excluding carboxylic acids is 1. The standard InChI is InChI=1S/C24H29FN2O3/c1-29-22-13-20(14-23(15-22)30-2)24(28)26-16-19-6-4-12-27(17-19)11-3-5-18-7-9-21(25)10-8-18/h3,5,7-10,13-15,19H,4,6,11-12,16-17H2,1-2H3,(H,26,28). The van der Waals surface area contributed by atoms with Crippen LogP contribution in [0.25, 0.3) is 6.08 Å². The van der Waals surface area contributed by atoms with Gasteiger partial charge in [-0.1, -0.05) is 24.3 Å².